The van der Waals surface area contributed by atoms with Gasteiger partial charge in [-0.05, 0) is 29.9 Å². The third-order valence-corrected chi connectivity index (χ3v) is 4.97. The van der Waals surface area contributed by atoms with Gasteiger partial charge >= 0.3 is 0 Å². The number of hydrogen-bond acceptors (Lipinski definition) is 5. The van der Waals surface area contributed by atoms with Crippen LogP contribution >= 0.6 is 12.2 Å². The molecule has 3 rings (SSSR count). The van der Waals surface area contributed by atoms with Crippen LogP contribution in [-0.4, -0.2) is 54.4 Å². The number of ether oxygens (including phenoxy) is 3. The van der Waals surface area contributed by atoms with Crippen molar-refractivity contribution in [1.29, 1.82) is 0 Å². The first-order chi connectivity index (χ1) is 13.1. The highest BCUT2D eigenvalue weighted by molar-refractivity contribution is 7.80. The minimum absolute atomic E-state index is 0.168. The molecule has 1 unspecified atom stereocenters. The fourth-order valence-corrected chi connectivity index (χ4v) is 3.63. The number of methoxy groups -OCH3 is 3. The van der Waals surface area contributed by atoms with Crippen molar-refractivity contribution in [2.75, 3.05) is 34.4 Å². The number of hydrogen-bond donors (Lipinski definition) is 2. The van der Waals surface area contributed by atoms with Gasteiger partial charge in [0.2, 0.25) is 5.75 Å². The minimum Gasteiger partial charge on any atom is -0.493 e. The first-order valence-electron chi connectivity index (χ1n) is 8.62. The molecule has 2 aromatic rings. The van der Waals surface area contributed by atoms with Gasteiger partial charge in [0.15, 0.2) is 16.6 Å². The molecule has 144 valence electrons. The van der Waals surface area contributed by atoms with Gasteiger partial charge in [-0.2, -0.15) is 0 Å². The third-order valence-electron chi connectivity index (χ3n) is 4.59. The van der Waals surface area contributed by atoms with Gasteiger partial charge in [-0.3, -0.25) is 0 Å². The molecule has 0 amide bonds. The van der Waals surface area contributed by atoms with Crippen molar-refractivity contribution in [3.63, 3.8) is 0 Å². The van der Waals surface area contributed by atoms with Crippen LogP contribution in [0.1, 0.15) is 23.0 Å². The molecule has 1 atom stereocenters. The SMILES string of the molecule is C=CCNC(=S)N1CCc2[nH]cnc2C1c1cc(OC)c(OC)c(OC)c1. The Morgan fingerprint density at radius 1 is 1.33 bits per heavy atom. The molecule has 0 bridgehead atoms. The van der Waals surface area contributed by atoms with Gasteiger partial charge in [0.1, 0.15) is 6.04 Å². The lowest BCUT2D eigenvalue weighted by Gasteiger charge is -2.37. The average molecular weight is 388 g/mol. The highest BCUT2D eigenvalue weighted by Crippen LogP contribution is 2.43. The Kier molecular flexibility index (Phi) is 5.85. The smallest absolute Gasteiger partial charge is 0.203 e. The average Bonchev–Trinajstić information content (AvgIpc) is 3.18. The standard InChI is InChI=1S/C19H24N4O3S/c1-5-7-20-19(27)23-8-6-13-16(22-11-21-13)17(23)12-9-14(24-2)18(26-4)15(10-12)25-3/h5,9-11,17H,1,6-8H2,2-4H3,(H,20,27)(H,21,22). The molecule has 0 saturated carbocycles. The van der Waals surface area contributed by atoms with Crippen molar-refractivity contribution < 1.29 is 14.2 Å². The summed E-state index contributed by atoms with van der Waals surface area (Å²) in [5, 5.41) is 3.87. The van der Waals surface area contributed by atoms with E-state index < -0.39 is 0 Å². The molecule has 1 aliphatic rings. The van der Waals surface area contributed by atoms with Crippen LogP contribution in [0.25, 0.3) is 0 Å². The number of nitrogens with zero attached hydrogens (tertiary/aromatic N) is 2. The van der Waals surface area contributed by atoms with Crippen LogP contribution in [0.4, 0.5) is 0 Å². The summed E-state index contributed by atoms with van der Waals surface area (Å²) in [7, 11) is 4.80. The Bertz CT molecular complexity index is 811. The van der Waals surface area contributed by atoms with Crippen LogP contribution in [0.5, 0.6) is 17.2 Å². The number of imidazole rings is 1. The van der Waals surface area contributed by atoms with E-state index in [0.717, 1.165) is 29.9 Å². The second-order valence-electron chi connectivity index (χ2n) is 6.05. The van der Waals surface area contributed by atoms with Crippen molar-refractivity contribution in [3.05, 3.63) is 48.1 Å². The predicted octanol–water partition coefficient (Wildman–Crippen LogP) is 2.44. The fourth-order valence-electron chi connectivity index (χ4n) is 3.35. The lowest BCUT2D eigenvalue weighted by atomic mass is 9.95. The molecule has 0 fully saturated rings. The second kappa shape index (κ2) is 8.30. The maximum atomic E-state index is 5.63. The van der Waals surface area contributed by atoms with Gasteiger partial charge in [0.05, 0.1) is 33.4 Å². The summed E-state index contributed by atoms with van der Waals surface area (Å²) in [6.07, 6.45) is 4.34. The number of aromatic amines is 1. The lowest BCUT2D eigenvalue weighted by Crippen LogP contribution is -2.46. The molecule has 27 heavy (non-hydrogen) atoms. The zero-order valence-electron chi connectivity index (χ0n) is 15.7. The fraction of sp³-hybridized carbons (Fsp3) is 0.368. The number of H-pyrrole nitrogens is 1. The van der Waals surface area contributed by atoms with Crippen LogP contribution in [0, 0.1) is 0 Å². The van der Waals surface area contributed by atoms with Crippen molar-refractivity contribution in [2.24, 2.45) is 0 Å². The minimum atomic E-state index is -0.168. The molecule has 0 radical (unpaired) electrons. The van der Waals surface area contributed by atoms with Crippen LogP contribution in [0.3, 0.4) is 0 Å². The number of fused-ring (bicyclic) bond motifs is 1. The Balaban J connectivity index is 2.10. The molecule has 0 aliphatic carbocycles. The van der Waals surface area contributed by atoms with Crippen molar-refractivity contribution >= 4 is 17.3 Å². The zero-order valence-corrected chi connectivity index (χ0v) is 16.6. The number of rotatable bonds is 6. The van der Waals surface area contributed by atoms with E-state index in [2.05, 4.69) is 26.8 Å². The number of thiocarbonyl (C=S) groups is 1. The summed E-state index contributed by atoms with van der Waals surface area (Å²) in [4.78, 5) is 9.93. The molecule has 0 saturated heterocycles. The Morgan fingerprint density at radius 3 is 2.63 bits per heavy atom. The molecule has 2 N–H and O–H groups in total. The molecular weight excluding hydrogens is 364 g/mol. The molecule has 1 aromatic heterocycles. The van der Waals surface area contributed by atoms with E-state index in [-0.39, 0.29) is 6.04 Å². The summed E-state index contributed by atoms with van der Waals surface area (Å²) >= 11 is 5.63. The summed E-state index contributed by atoms with van der Waals surface area (Å²) in [5.74, 6) is 1.75. The molecule has 1 aromatic carbocycles. The maximum absolute atomic E-state index is 5.63. The van der Waals surface area contributed by atoms with Gasteiger partial charge in [0.25, 0.3) is 0 Å². The van der Waals surface area contributed by atoms with E-state index >= 15 is 0 Å². The second-order valence-corrected chi connectivity index (χ2v) is 6.43. The van der Waals surface area contributed by atoms with E-state index in [1.165, 1.54) is 0 Å². The van der Waals surface area contributed by atoms with E-state index in [4.69, 9.17) is 26.4 Å². The number of aromatic nitrogens is 2. The highest BCUT2D eigenvalue weighted by atomic mass is 32.1. The van der Waals surface area contributed by atoms with Crippen LogP contribution in [0.2, 0.25) is 0 Å². The summed E-state index contributed by atoms with van der Waals surface area (Å²) in [6, 6.07) is 3.72. The zero-order chi connectivity index (χ0) is 19.4. The Hall–Kier alpha value is -2.74. The van der Waals surface area contributed by atoms with E-state index in [1.807, 2.05) is 12.1 Å². The number of nitrogens with one attached hydrogen (secondary N) is 2. The quantitative estimate of drug-likeness (QED) is 0.582. The summed E-state index contributed by atoms with van der Waals surface area (Å²) in [6.45, 7) is 5.11. The molecule has 7 nitrogen and oxygen atoms in total. The van der Waals surface area contributed by atoms with Crippen LogP contribution < -0.4 is 19.5 Å². The Labute approximate surface area is 164 Å². The molecule has 8 heteroatoms. The molecular formula is C19H24N4O3S. The van der Waals surface area contributed by atoms with E-state index in [1.54, 1.807) is 33.7 Å². The predicted molar refractivity (Wildman–Crippen MR) is 108 cm³/mol. The van der Waals surface area contributed by atoms with Crippen molar-refractivity contribution in [3.8, 4) is 17.2 Å². The van der Waals surface area contributed by atoms with Gasteiger partial charge in [-0.25, -0.2) is 4.98 Å². The normalized spacial score (nSPS) is 15.7. The topological polar surface area (TPSA) is 71.6 Å². The monoisotopic (exact) mass is 388 g/mol. The molecule has 1 aliphatic heterocycles. The lowest BCUT2D eigenvalue weighted by molar-refractivity contribution is 0.311. The highest BCUT2D eigenvalue weighted by Gasteiger charge is 2.33. The Morgan fingerprint density at radius 2 is 2.04 bits per heavy atom. The molecule has 0 spiro atoms. The van der Waals surface area contributed by atoms with Gasteiger partial charge < -0.3 is 29.4 Å². The van der Waals surface area contributed by atoms with Crippen molar-refractivity contribution in [1.82, 2.24) is 20.2 Å². The van der Waals surface area contributed by atoms with E-state index in [9.17, 15) is 0 Å². The van der Waals surface area contributed by atoms with Crippen molar-refractivity contribution in [2.45, 2.75) is 12.5 Å². The van der Waals surface area contributed by atoms with Crippen LogP contribution in [-0.2, 0) is 6.42 Å². The third kappa shape index (κ3) is 3.57. The van der Waals surface area contributed by atoms with Gasteiger partial charge in [0, 0.05) is 25.2 Å². The summed E-state index contributed by atoms with van der Waals surface area (Å²) in [5.41, 5.74) is 3.01. The maximum Gasteiger partial charge on any atom is 0.203 e. The first kappa shape index (κ1) is 19.0. The summed E-state index contributed by atoms with van der Waals surface area (Å²) < 4.78 is 16.5. The van der Waals surface area contributed by atoms with E-state index in [0.29, 0.717) is 28.9 Å². The number of benzene rings is 1. The first-order valence-corrected chi connectivity index (χ1v) is 9.02. The molecule has 2 heterocycles. The van der Waals surface area contributed by atoms with Gasteiger partial charge in [-0.1, -0.05) is 6.08 Å². The van der Waals surface area contributed by atoms with Gasteiger partial charge in [-0.15, -0.1) is 6.58 Å². The largest absolute Gasteiger partial charge is 0.493 e. The van der Waals surface area contributed by atoms with Crippen LogP contribution in [0.15, 0.2) is 31.1 Å².